The molecule has 3 aromatic carbocycles. The normalized spacial score (nSPS) is 17.5. The lowest BCUT2D eigenvalue weighted by Crippen LogP contribution is -2.45. The number of benzene rings is 3. The van der Waals surface area contributed by atoms with Crippen LogP contribution < -0.4 is 26.2 Å². The minimum Gasteiger partial charge on any atom is -0.507 e. The van der Waals surface area contributed by atoms with Crippen molar-refractivity contribution in [3.8, 4) is 33.8 Å². The van der Waals surface area contributed by atoms with E-state index in [4.69, 9.17) is 4.74 Å². The number of imidazole rings is 1. The number of methoxy groups -OCH3 is 1. The van der Waals surface area contributed by atoms with Crippen molar-refractivity contribution in [2.45, 2.75) is 45.4 Å². The predicted octanol–water partition coefficient (Wildman–Crippen LogP) is 4.58. The Hall–Kier alpha value is -6.21. The van der Waals surface area contributed by atoms with Crippen molar-refractivity contribution in [3.63, 3.8) is 0 Å². The minimum absolute atomic E-state index is 0.104. The molecular formula is C42H41N7O6. The number of anilines is 1. The van der Waals surface area contributed by atoms with Gasteiger partial charge in [0.2, 0.25) is 11.8 Å². The van der Waals surface area contributed by atoms with Crippen molar-refractivity contribution >= 4 is 39.4 Å². The maximum absolute atomic E-state index is 13.5. The lowest BCUT2D eigenvalue weighted by molar-refractivity contribution is -0.135. The number of imide groups is 1. The van der Waals surface area contributed by atoms with Gasteiger partial charge in [-0.1, -0.05) is 31.2 Å². The Kier molecular flexibility index (Phi) is 8.15. The van der Waals surface area contributed by atoms with Crippen molar-refractivity contribution in [3.05, 3.63) is 105 Å². The van der Waals surface area contributed by atoms with Crippen LogP contribution in [0.3, 0.4) is 0 Å². The number of rotatable bonds is 7. The Morgan fingerprint density at radius 1 is 0.927 bits per heavy atom. The summed E-state index contributed by atoms with van der Waals surface area (Å²) in [4.78, 5) is 60.3. The van der Waals surface area contributed by atoms with Gasteiger partial charge in [0.05, 0.1) is 23.5 Å². The van der Waals surface area contributed by atoms with E-state index in [2.05, 4.69) is 45.2 Å². The summed E-state index contributed by atoms with van der Waals surface area (Å²) in [6.45, 7) is 5.78. The average molecular weight is 740 g/mol. The Morgan fingerprint density at radius 3 is 2.49 bits per heavy atom. The number of hydrogen-bond acceptors (Lipinski definition) is 9. The van der Waals surface area contributed by atoms with Gasteiger partial charge in [0, 0.05) is 87.7 Å². The number of para-hydroxylation sites is 1. The molecule has 2 fully saturated rings. The highest BCUT2D eigenvalue weighted by molar-refractivity contribution is 6.01. The van der Waals surface area contributed by atoms with Gasteiger partial charge in [-0.05, 0) is 64.9 Å². The van der Waals surface area contributed by atoms with Gasteiger partial charge in [-0.25, -0.2) is 9.78 Å². The molecule has 2 N–H and O–H groups in total. The van der Waals surface area contributed by atoms with Gasteiger partial charge in [0.15, 0.2) is 0 Å². The first-order valence-corrected chi connectivity index (χ1v) is 18.5. The maximum atomic E-state index is 13.5. The van der Waals surface area contributed by atoms with Crippen molar-refractivity contribution in [2.75, 3.05) is 25.1 Å². The van der Waals surface area contributed by atoms with Gasteiger partial charge >= 0.3 is 5.69 Å². The molecule has 0 radical (unpaired) electrons. The zero-order valence-corrected chi connectivity index (χ0v) is 31.1. The summed E-state index contributed by atoms with van der Waals surface area (Å²) >= 11 is 0. The van der Waals surface area contributed by atoms with Crippen molar-refractivity contribution < 1.29 is 19.4 Å². The first-order chi connectivity index (χ1) is 26.5. The second-order valence-corrected chi connectivity index (χ2v) is 15.2. The van der Waals surface area contributed by atoms with Crippen molar-refractivity contribution in [1.82, 2.24) is 28.9 Å². The van der Waals surface area contributed by atoms with Crippen LogP contribution in [0.2, 0.25) is 0 Å². The number of hydrogen-bond donors (Lipinski definition) is 2. The number of fused-ring (bicyclic) bond motifs is 3. The van der Waals surface area contributed by atoms with Crippen LogP contribution in [0.25, 0.3) is 44.1 Å². The molecule has 2 saturated heterocycles. The predicted molar refractivity (Wildman–Crippen MR) is 209 cm³/mol. The molecule has 6 heterocycles. The molecule has 2 amide bonds. The molecular weight excluding hydrogens is 699 g/mol. The fourth-order valence-corrected chi connectivity index (χ4v) is 8.63. The molecule has 9 rings (SSSR count). The summed E-state index contributed by atoms with van der Waals surface area (Å²) in [6, 6.07) is 16.9. The van der Waals surface area contributed by atoms with Crippen LogP contribution in [-0.2, 0) is 43.3 Å². The number of phenols is 1. The molecule has 1 unspecified atom stereocenters. The standard InChI is InChI=1S/C42H41N7O6/c1-23-17-48(18-23)37-15-29-30(16-43-37)41(53)45(2)21-31(29)26-13-35(50)32(36(14-26)55-4)22-47-19-25-9-8-24(12-27(25)20-47)28-6-5-7-33-39(28)46(3)42(54)49(33)34-10-11-38(51)44-40(34)52/h5-9,12-16,21,23,34,50H,10-11,17-20,22H2,1-4H3,(H,44,51,52). The second-order valence-electron chi connectivity index (χ2n) is 15.2. The van der Waals surface area contributed by atoms with E-state index in [0.717, 1.165) is 57.6 Å². The third-order valence-corrected chi connectivity index (χ3v) is 11.5. The topological polar surface area (TPSA) is 144 Å². The summed E-state index contributed by atoms with van der Waals surface area (Å²) < 4.78 is 10.5. The average Bonchev–Trinajstić information content (AvgIpc) is 3.68. The van der Waals surface area contributed by atoms with E-state index in [-0.39, 0.29) is 35.7 Å². The quantitative estimate of drug-likeness (QED) is 0.225. The van der Waals surface area contributed by atoms with Crippen LogP contribution >= 0.6 is 0 Å². The van der Waals surface area contributed by atoms with Gasteiger partial charge < -0.3 is 19.3 Å². The molecule has 55 heavy (non-hydrogen) atoms. The van der Waals surface area contributed by atoms with Crippen LogP contribution in [0, 0.1) is 5.92 Å². The number of pyridine rings is 2. The summed E-state index contributed by atoms with van der Waals surface area (Å²) in [5.41, 5.74) is 7.23. The Bertz CT molecular complexity index is 2720. The summed E-state index contributed by atoms with van der Waals surface area (Å²) in [6.07, 6.45) is 3.91. The number of nitrogens with zero attached hydrogens (tertiary/aromatic N) is 6. The fourth-order valence-electron chi connectivity index (χ4n) is 8.63. The van der Waals surface area contributed by atoms with E-state index in [9.17, 15) is 24.3 Å². The van der Waals surface area contributed by atoms with Crippen LogP contribution in [0.5, 0.6) is 11.5 Å². The number of amides is 2. The van der Waals surface area contributed by atoms with Gasteiger partial charge in [-0.3, -0.25) is 33.7 Å². The molecule has 3 aliphatic heterocycles. The summed E-state index contributed by atoms with van der Waals surface area (Å²) in [7, 11) is 5.03. The highest BCUT2D eigenvalue weighted by Crippen LogP contribution is 2.40. The molecule has 6 aromatic rings. The highest BCUT2D eigenvalue weighted by atomic mass is 16.5. The van der Waals surface area contributed by atoms with Crippen molar-refractivity contribution in [1.29, 1.82) is 0 Å². The third kappa shape index (κ3) is 5.68. The Labute approximate surface area is 316 Å². The van der Waals surface area contributed by atoms with Crippen LogP contribution in [0.15, 0.2) is 76.6 Å². The zero-order chi connectivity index (χ0) is 38.3. The number of aryl methyl sites for hydroxylation is 2. The van der Waals surface area contributed by atoms with E-state index in [1.54, 1.807) is 48.8 Å². The number of nitrogens with one attached hydrogen (secondary N) is 1. The number of ether oxygens (including phenoxy) is 1. The Morgan fingerprint density at radius 2 is 1.73 bits per heavy atom. The molecule has 13 nitrogen and oxygen atoms in total. The zero-order valence-electron chi connectivity index (χ0n) is 31.1. The highest BCUT2D eigenvalue weighted by Gasteiger charge is 2.32. The van der Waals surface area contributed by atoms with Gasteiger partial charge in [-0.2, -0.15) is 0 Å². The number of phenolic OH excluding ortho intramolecular Hbond substituents is 1. The number of carbonyl (C=O) groups is 2. The number of carbonyl (C=O) groups excluding carboxylic acids is 2. The van der Waals surface area contributed by atoms with Crippen LogP contribution in [-0.4, -0.2) is 60.7 Å². The summed E-state index contributed by atoms with van der Waals surface area (Å²) in [5.74, 6) is 1.29. The lowest BCUT2D eigenvalue weighted by Gasteiger charge is -2.38. The van der Waals surface area contributed by atoms with E-state index >= 15 is 0 Å². The molecule has 1 atom stereocenters. The molecule has 13 heteroatoms. The SMILES string of the molecule is COc1cc(-c2cn(C)c(=O)c3cnc(N4CC(C)C4)cc23)cc(O)c1CN1Cc2ccc(-c3cccc4c3n(C)c(=O)n4C3CCC(=O)NC3=O)cc2C1. The van der Waals surface area contributed by atoms with Gasteiger partial charge in [-0.15, -0.1) is 0 Å². The molecule has 280 valence electrons. The van der Waals surface area contributed by atoms with Gasteiger partial charge in [0.25, 0.3) is 5.56 Å². The van der Waals surface area contributed by atoms with Crippen LogP contribution in [0.1, 0.15) is 42.5 Å². The molecule has 0 bridgehead atoms. The van der Waals surface area contributed by atoms with E-state index in [1.165, 1.54) is 10.1 Å². The smallest absolute Gasteiger partial charge is 0.329 e. The number of aromatic hydroxyl groups is 1. The maximum Gasteiger partial charge on any atom is 0.329 e. The van der Waals surface area contributed by atoms with Gasteiger partial charge in [0.1, 0.15) is 23.4 Å². The third-order valence-electron chi connectivity index (χ3n) is 11.5. The Balaban J connectivity index is 1.01. The summed E-state index contributed by atoms with van der Waals surface area (Å²) in [5, 5.41) is 15.2. The monoisotopic (exact) mass is 739 g/mol. The van der Waals surface area contributed by atoms with Crippen LogP contribution in [0.4, 0.5) is 5.82 Å². The molecule has 3 aliphatic rings. The van der Waals surface area contributed by atoms with E-state index < -0.39 is 11.9 Å². The van der Waals surface area contributed by atoms with E-state index in [1.807, 2.05) is 30.3 Å². The lowest BCUT2D eigenvalue weighted by atomic mass is 9.98. The van der Waals surface area contributed by atoms with Crippen molar-refractivity contribution in [2.24, 2.45) is 20.0 Å². The number of aromatic nitrogens is 4. The first-order valence-electron chi connectivity index (χ1n) is 18.5. The fraction of sp³-hybridized carbons (Fsp3) is 0.310. The number of piperidine rings is 1. The largest absolute Gasteiger partial charge is 0.507 e. The molecule has 0 aliphatic carbocycles. The molecule has 3 aromatic heterocycles. The molecule has 0 saturated carbocycles. The second kappa shape index (κ2) is 13.0. The first kappa shape index (κ1) is 34.6. The molecule has 0 spiro atoms. The van der Waals surface area contributed by atoms with E-state index in [0.29, 0.717) is 47.8 Å². The minimum atomic E-state index is -0.759.